The van der Waals surface area contributed by atoms with Crippen LogP contribution in [0.3, 0.4) is 0 Å². The standard InChI is InChI=1S/C20H20O2/c1-12-10-18(21)20(2)9-8-16-15-7-5-14(22-3)11-13(15)4-6-17(16)19(12)20/h4-7,10-11,19H,8-9H2,1-3H3. The van der Waals surface area contributed by atoms with Crippen LogP contribution in [0, 0.1) is 5.41 Å². The van der Waals surface area contributed by atoms with E-state index in [2.05, 4.69) is 38.1 Å². The molecule has 22 heavy (non-hydrogen) atoms. The van der Waals surface area contributed by atoms with Crippen LogP contribution in [0.1, 0.15) is 37.3 Å². The molecule has 2 nitrogen and oxygen atoms in total. The molecule has 2 aromatic rings. The van der Waals surface area contributed by atoms with Gasteiger partial charge in [0, 0.05) is 11.3 Å². The molecule has 2 aromatic carbocycles. The van der Waals surface area contributed by atoms with E-state index in [-0.39, 0.29) is 11.3 Å². The SMILES string of the molecule is COc1ccc2c3c(ccc2c1)C1C(C)=CC(=O)C1(C)CC3. The summed E-state index contributed by atoms with van der Waals surface area (Å²) in [5, 5.41) is 2.51. The molecule has 2 heteroatoms. The Morgan fingerprint density at radius 1 is 1.23 bits per heavy atom. The molecular weight excluding hydrogens is 272 g/mol. The first-order valence-corrected chi connectivity index (χ1v) is 7.87. The number of allylic oxidation sites excluding steroid dienone is 2. The van der Waals surface area contributed by atoms with Crippen LogP contribution in [0.15, 0.2) is 42.0 Å². The second-order valence-corrected chi connectivity index (χ2v) is 6.82. The van der Waals surface area contributed by atoms with E-state index in [0.29, 0.717) is 5.78 Å². The van der Waals surface area contributed by atoms with Crippen LogP contribution >= 0.6 is 0 Å². The number of hydrogen-bond acceptors (Lipinski definition) is 2. The van der Waals surface area contributed by atoms with Crippen LogP contribution < -0.4 is 4.74 Å². The van der Waals surface area contributed by atoms with Crippen molar-refractivity contribution in [1.29, 1.82) is 0 Å². The lowest BCUT2D eigenvalue weighted by Crippen LogP contribution is -2.33. The maximum Gasteiger partial charge on any atom is 0.162 e. The van der Waals surface area contributed by atoms with Crippen LogP contribution in [0.5, 0.6) is 5.75 Å². The highest BCUT2D eigenvalue weighted by molar-refractivity contribution is 6.01. The number of carbonyl (C=O) groups is 1. The second kappa shape index (κ2) is 4.45. The monoisotopic (exact) mass is 292 g/mol. The zero-order valence-electron chi connectivity index (χ0n) is 13.3. The maximum atomic E-state index is 12.4. The highest BCUT2D eigenvalue weighted by Gasteiger charge is 2.48. The van der Waals surface area contributed by atoms with E-state index in [1.165, 1.54) is 27.5 Å². The Hall–Kier alpha value is -2.09. The number of aryl methyl sites for hydroxylation is 1. The molecule has 2 aliphatic rings. The first-order chi connectivity index (χ1) is 10.5. The van der Waals surface area contributed by atoms with E-state index >= 15 is 0 Å². The Bertz CT molecular complexity index is 831. The van der Waals surface area contributed by atoms with Crippen LogP contribution in [0.4, 0.5) is 0 Å². The molecule has 2 atom stereocenters. The van der Waals surface area contributed by atoms with Gasteiger partial charge in [-0.05, 0) is 59.9 Å². The van der Waals surface area contributed by atoms with Gasteiger partial charge in [0.15, 0.2) is 5.78 Å². The van der Waals surface area contributed by atoms with Gasteiger partial charge in [-0.25, -0.2) is 0 Å². The molecule has 2 aliphatic carbocycles. The predicted octanol–water partition coefficient (Wildman–Crippen LogP) is 4.41. The van der Waals surface area contributed by atoms with Crippen molar-refractivity contribution in [2.24, 2.45) is 5.41 Å². The molecule has 0 spiro atoms. The van der Waals surface area contributed by atoms with Crippen LogP contribution in [0.2, 0.25) is 0 Å². The molecular formula is C20H20O2. The first-order valence-electron chi connectivity index (χ1n) is 7.87. The zero-order chi connectivity index (χ0) is 15.5. The number of hydrogen-bond donors (Lipinski definition) is 0. The van der Waals surface area contributed by atoms with E-state index < -0.39 is 0 Å². The highest BCUT2D eigenvalue weighted by Crippen LogP contribution is 2.54. The Morgan fingerprint density at radius 3 is 2.82 bits per heavy atom. The summed E-state index contributed by atoms with van der Waals surface area (Å²) in [5.74, 6) is 1.44. The van der Waals surface area contributed by atoms with Gasteiger partial charge in [-0.15, -0.1) is 0 Å². The minimum absolute atomic E-state index is 0.239. The van der Waals surface area contributed by atoms with Gasteiger partial charge in [0.05, 0.1) is 7.11 Å². The molecule has 0 radical (unpaired) electrons. The smallest absolute Gasteiger partial charge is 0.162 e. The van der Waals surface area contributed by atoms with Gasteiger partial charge in [0.2, 0.25) is 0 Å². The third kappa shape index (κ3) is 1.64. The highest BCUT2D eigenvalue weighted by atomic mass is 16.5. The lowest BCUT2D eigenvalue weighted by atomic mass is 9.64. The van der Waals surface area contributed by atoms with Crippen molar-refractivity contribution in [3.05, 3.63) is 53.1 Å². The quantitative estimate of drug-likeness (QED) is 0.778. The normalized spacial score (nSPS) is 26.6. The van der Waals surface area contributed by atoms with Crippen LogP contribution in [-0.4, -0.2) is 12.9 Å². The Labute approximate surface area is 130 Å². The van der Waals surface area contributed by atoms with E-state index in [0.717, 1.165) is 18.6 Å². The molecule has 4 rings (SSSR count). The summed E-state index contributed by atoms with van der Waals surface area (Å²) in [5.41, 5.74) is 3.72. The fraction of sp³-hybridized carbons (Fsp3) is 0.350. The van der Waals surface area contributed by atoms with Crippen molar-refractivity contribution in [3.8, 4) is 5.75 Å². The van der Waals surface area contributed by atoms with Crippen LogP contribution in [-0.2, 0) is 11.2 Å². The summed E-state index contributed by atoms with van der Waals surface area (Å²) in [7, 11) is 1.70. The number of carbonyl (C=O) groups excluding carboxylic acids is 1. The Kier molecular flexibility index (Phi) is 2.75. The van der Waals surface area contributed by atoms with Crippen molar-refractivity contribution in [2.45, 2.75) is 32.6 Å². The lowest BCUT2D eigenvalue weighted by Gasteiger charge is -2.38. The summed E-state index contributed by atoms with van der Waals surface area (Å²) in [6.07, 6.45) is 3.76. The van der Waals surface area contributed by atoms with E-state index in [1.54, 1.807) is 7.11 Å². The van der Waals surface area contributed by atoms with E-state index in [9.17, 15) is 4.79 Å². The molecule has 2 unspecified atom stereocenters. The van der Waals surface area contributed by atoms with Gasteiger partial charge in [-0.3, -0.25) is 4.79 Å². The van der Waals surface area contributed by atoms with E-state index in [1.807, 2.05) is 12.1 Å². The molecule has 0 bridgehead atoms. The minimum atomic E-state index is -0.239. The number of benzene rings is 2. The van der Waals surface area contributed by atoms with Gasteiger partial charge in [-0.1, -0.05) is 30.7 Å². The molecule has 0 saturated heterocycles. The topological polar surface area (TPSA) is 26.3 Å². The van der Waals surface area contributed by atoms with Crippen molar-refractivity contribution in [3.63, 3.8) is 0 Å². The fourth-order valence-electron chi connectivity index (χ4n) is 4.41. The largest absolute Gasteiger partial charge is 0.497 e. The van der Waals surface area contributed by atoms with Gasteiger partial charge in [0.1, 0.15) is 5.75 Å². The minimum Gasteiger partial charge on any atom is -0.497 e. The van der Waals surface area contributed by atoms with Crippen molar-refractivity contribution in [1.82, 2.24) is 0 Å². The second-order valence-electron chi connectivity index (χ2n) is 6.82. The van der Waals surface area contributed by atoms with Crippen LogP contribution in [0.25, 0.3) is 10.8 Å². The summed E-state index contributed by atoms with van der Waals surface area (Å²) < 4.78 is 5.33. The number of methoxy groups -OCH3 is 1. The zero-order valence-corrected chi connectivity index (χ0v) is 13.3. The molecule has 112 valence electrons. The van der Waals surface area contributed by atoms with Gasteiger partial charge < -0.3 is 4.74 Å². The average molecular weight is 292 g/mol. The molecule has 0 aromatic heterocycles. The summed E-state index contributed by atoms with van der Waals surface area (Å²) in [4.78, 5) is 12.4. The number of rotatable bonds is 1. The van der Waals surface area contributed by atoms with Crippen molar-refractivity contribution < 1.29 is 9.53 Å². The number of ketones is 1. The molecule has 0 amide bonds. The predicted molar refractivity (Wildman–Crippen MR) is 88.4 cm³/mol. The third-order valence-corrected chi connectivity index (χ3v) is 5.59. The van der Waals surface area contributed by atoms with Gasteiger partial charge in [-0.2, -0.15) is 0 Å². The maximum absolute atomic E-state index is 12.4. The molecule has 0 N–H and O–H groups in total. The summed E-state index contributed by atoms with van der Waals surface area (Å²) >= 11 is 0. The lowest BCUT2D eigenvalue weighted by molar-refractivity contribution is -0.123. The Morgan fingerprint density at radius 2 is 2.05 bits per heavy atom. The van der Waals surface area contributed by atoms with Gasteiger partial charge in [0.25, 0.3) is 0 Å². The molecule has 0 saturated carbocycles. The third-order valence-electron chi connectivity index (χ3n) is 5.59. The molecule has 0 aliphatic heterocycles. The van der Waals surface area contributed by atoms with Crippen molar-refractivity contribution in [2.75, 3.05) is 7.11 Å². The number of fused-ring (bicyclic) bond motifs is 5. The Balaban J connectivity index is 1.95. The first kappa shape index (κ1) is 13.6. The number of ether oxygens (including phenoxy) is 1. The van der Waals surface area contributed by atoms with E-state index in [4.69, 9.17) is 4.74 Å². The fourth-order valence-corrected chi connectivity index (χ4v) is 4.41. The molecule has 0 fully saturated rings. The van der Waals surface area contributed by atoms with Crippen molar-refractivity contribution >= 4 is 16.6 Å². The van der Waals surface area contributed by atoms with Gasteiger partial charge >= 0.3 is 0 Å². The summed E-state index contributed by atoms with van der Waals surface area (Å²) in [6, 6.07) is 10.7. The summed E-state index contributed by atoms with van der Waals surface area (Å²) in [6.45, 7) is 4.23. The molecule has 0 heterocycles. The average Bonchev–Trinajstić information content (AvgIpc) is 2.76.